The van der Waals surface area contributed by atoms with E-state index < -0.39 is 0 Å². The Balaban J connectivity index is 1.98. The average Bonchev–Trinajstić information content (AvgIpc) is 2.47. The molecule has 0 N–H and O–H groups in total. The second-order valence-electron chi connectivity index (χ2n) is 4.95. The number of likely N-dealkylation sites (tertiary alicyclic amines) is 1. The van der Waals surface area contributed by atoms with Crippen LogP contribution in [0.3, 0.4) is 0 Å². The molecular formula is C15H20N2O3. The Bertz CT molecular complexity index is 492. The third-order valence-electron chi connectivity index (χ3n) is 3.54. The predicted molar refractivity (Wildman–Crippen MR) is 77.1 cm³/mol. The highest BCUT2D eigenvalue weighted by atomic mass is 16.5. The van der Waals surface area contributed by atoms with E-state index in [-0.39, 0.29) is 18.2 Å². The predicted octanol–water partition coefficient (Wildman–Crippen LogP) is 1.32. The van der Waals surface area contributed by atoms with Crippen LogP contribution in [0.25, 0.3) is 0 Å². The Morgan fingerprint density at radius 3 is 2.60 bits per heavy atom. The van der Waals surface area contributed by atoms with Gasteiger partial charge in [-0.15, -0.1) is 0 Å². The number of ether oxygens (including phenoxy) is 1. The Kier molecular flexibility index (Phi) is 4.61. The number of methoxy groups -OCH3 is 1. The average molecular weight is 276 g/mol. The van der Waals surface area contributed by atoms with Crippen LogP contribution in [0.4, 0.5) is 5.69 Å². The van der Waals surface area contributed by atoms with Gasteiger partial charge in [-0.2, -0.15) is 0 Å². The van der Waals surface area contributed by atoms with E-state index in [1.165, 1.54) is 0 Å². The fourth-order valence-electron chi connectivity index (χ4n) is 2.34. The number of nitrogens with zero attached hydrogens (tertiary/aromatic N) is 2. The summed E-state index contributed by atoms with van der Waals surface area (Å²) in [6.07, 6.45) is 0.953. The molecule has 0 aromatic heterocycles. The van der Waals surface area contributed by atoms with Crippen molar-refractivity contribution in [2.75, 3.05) is 38.7 Å². The quantitative estimate of drug-likeness (QED) is 0.832. The Morgan fingerprint density at radius 2 is 1.95 bits per heavy atom. The number of anilines is 1. The lowest BCUT2D eigenvalue weighted by Gasteiger charge is -2.29. The lowest BCUT2D eigenvalue weighted by atomic mass is 10.1. The van der Waals surface area contributed by atoms with Crippen LogP contribution in [0.5, 0.6) is 5.75 Å². The molecule has 0 spiro atoms. The standard InChI is InChI=1S/C15H20N2O3/c1-16(13-5-3-4-6-14(13)20-2)11-15(19)17-9-7-12(18)8-10-17/h3-6H,7-11H2,1-2H3. The molecule has 0 unspecified atom stereocenters. The number of rotatable bonds is 4. The van der Waals surface area contributed by atoms with E-state index in [2.05, 4.69) is 0 Å². The van der Waals surface area contributed by atoms with Gasteiger partial charge in [0.25, 0.3) is 0 Å². The number of carbonyl (C=O) groups is 2. The molecule has 108 valence electrons. The number of hydrogen-bond donors (Lipinski definition) is 0. The first kappa shape index (κ1) is 14.4. The summed E-state index contributed by atoms with van der Waals surface area (Å²) >= 11 is 0. The molecule has 0 saturated carbocycles. The maximum Gasteiger partial charge on any atom is 0.242 e. The van der Waals surface area contributed by atoms with Crippen LogP contribution in [0.1, 0.15) is 12.8 Å². The number of ketones is 1. The Labute approximate surface area is 119 Å². The third kappa shape index (κ3) is 3.29. The number of benzene rings is 1. The van der Waals surface area contributed by atoms with Crippen molar-refractivity contribution < 1.29 is 14.3 Å². The van der Waals surface area contributed by atoms with Crippen molar-refractivity contribution in [3.63, 3.8) is 0 Å². The molecule has 1 aliphatic heterocycles. The molecule has 1 heterocycles. The van der Waals surface area contributed by atoms with Gasteiger partial charge >= 0.3 is 0 Å². The minimum absolute atomic E-state index is 0.0471. The van der Waals surface area contributed by atoms with Crippen LogP contribution in [0.15, 0.2) is 24.3 Å². The minimum Gasteiger partial charge on any atom is -0.495 e. The van der Waals surface area contributed by atoms with Crippen LogP contribution in [-0.4, -0.2) is 50.4 Å². The molecule has 1 saturated heterocycles. The Morgan fingerprint density at radius 1 is 1.30 bits per heavy atom. The fourth-order valence-corrected chi connectivity index (χ4v) is 2.34. The molecule has 0 bridgehead atoms. The normalized spacial score (nSPS) is 15.1. The summed E-state index contributed by atoms with van der Waals surface area (Å²) in [5.74, 6) is 1.04. The van der Waals surface area contributed by atoms with E-state index in [0.717, 1.165) is 11.4 Å². The zero-order chi connectivity index (χ0) is 14.5. The van der Waals surface area contributed by atoms with Crippen LogP contribution < -0.4 is 9.64 Å². The second-order valence-corrected chi connectivity index (χ2v) is 4.95. The first-order valence-electron chi connectivity index (χ1n) is 6.75. The van der Waals surface area contributed by atoms with Crippen LogP contribution in [0.2, 0.25) is 0 Å². The Hall–Kier alpha value is -2.04. The number of para-hydroxylation sites is 2. The largest absolute Gasteiger partial charge is 0.495 e. The van der Waals surface area contributed by atoms with Gasteiger partial charge in [0, 0.05) is 33.0 Å². The van der Waals surface area contributed by atoms with Crippen molar-refractivity contribution in [2.24, 2.45) is 0 Å². The fraction of sp³-hybridized carbons (Fsp3) is 0.467. The number of amides is 1. The van der Waals surface area contributed by atoms with Crippen molar-refractivity contribution in [1.29, 1.82) is 0 Å². The molecule has 1 amide bonds. The van der Waals surface area contributed by atoms with Crippen molar-refractivity contribution in [3.05, 3.63) is 24.3 Å². The number of hydrogen-bond acceptors (Lipinski definition) is 4. The third-order valence-corrected chi connectivity index (χ3v) is 3.54. The number of piperidine rings is 1. The lowest BCUT2D eigenvalue weighted by Crippen LogP contribution is -2.43. The summed E-state index contributed by atoms with van der Waals surface area (Å²) in [5.41, 5.74) is 0.886. The number of Topliss-reactive ketones (excluding diaryl/α,β-unsaturated/α-hetero) is 1. The highest BCUT2D eigenvalue weighted by Gasteiger charge is 2.22. The highest BCUT2D eigenvalue weighted by molar-refractivity contribution is 5.85. The summed E-state index contributed by atoms with van der Waals surface area (Å²) in [7, 11) is 3.48. The molecule has 1 aliphatic rings. The van der Waals surface area contributed by atoms with Gasteiger partial charge in [0.2, 0.25) is 5.91 Å². The first-order valence-corrected chi connectivity index (χ1v) is 6.75. The zero-order valence-electron chi connectivity index (χ0n) is 12.0. The topological polar surface area (TPSA) is 49.9 Å². The van der Waals surface area contributed by atoms with Gasteiger partial charge in [0.1, 0.15) is 11.5 Å². The summed E-state index contributed by atoms with van der Waals surface area (Å²) in [6, 6.07) is 7.61. The van der Waals surface area contributed by atoms with Gasteiger partial charge in [-0.05, 0) is 12.1 Å². The van der Waals surface area contributed by atoms with Gasteiger partial charge in [-0.3, -0.25) is 9.59 Å². The molecule has 5 nitrogen and oxygen atoms in total. The van der Waals surface area contributed by atoms with E-state index in [1.54, 1.807) is 12.0 Å². The first-order chi connectivity index (χ1) is 9.61. The van der Waals surface area contributed by atoms with Gasteiger partial charge < -0.3 is 14.5 Å². The SMILES string of the molecule is COc1ccccc1N(C)CC(=O)N1CCC(=O)CC1. The van der Waals surface area contributed by atoms with E-state index in [4.69, 9.17) is 4.74 Å². The summed E-state index contributed by atoms with van der Waals surface area (Å²) in [6.45, 7) is 1.36. The molecule has 0 aliphatic carbocycles. The maximum absolute atomic E-state index is 12.2. The zero-order valence-corrected chi connectivity index (χ0v) is 12.0. The molecule has 20 heavy (non-hydrogen) atoms. The molecule has 1 fully saturated rings. The molecule has 5 heteroatoms. The molecule has 0 radical (unpaired) electrons. The van der Waals surface area contributed by atoms with E-state index in [0.29, 0.717) is 25.9 Å². The van der Waals surface area contributed by atoms with Crippen molar-refractivity contribution in [1.82, 2.24) is 4.90 Å². The second kappa shape index (κ2) is 6.41. The molecular weight excluding hydrogens is 256 g/mol. The summed E-state index contributed by atoms with van der Waals surface area (Å²) in [5, 5.41) is 0. The monoisotopic (exact) mass is 276 g/mol. The van der Waals surface area contributed by atoms with Crippen molar-refractivity contribution >= 4 is 17.4 Å². The van der Waals surface area contributed by atoms with Crippen LogP contribution in [0, 0.1) is 0 Å². The van der Waals surface area contributed by atoms with E-state index >= 15 is 0 Å². The van der Waals surface area contributed by atoms with Gasteiger partial charge in [0.05, 0.1) is 19.3 Å². The number of likely N-dealkylation sites (N-methyl/N-ethyl adjacent to an activating group) is 1. The molecule has 2 rings (SSSR count). The molecule has 1 aromatic carbocycles. The van der Waals surface area contributed by atoms with Crippen LogP contribution >= 0.6 is 0 Å². The van der Waals surface area contributed by atoms with Gasteiger partial charge in [-0.25, -0.2) is 0 Å². The molecule has 1 aromatic rings. The highest BCUT2D eigenvalue weighted by Crippen LogP contribution is 2.26. The van der Waals surface area contributed by atoms with Gasteiger partial charge in [-0.1, -0.05) is 12.1 Å². The minimum atomic E-state index is 0.0471. The molecule has 0 atom stereocenters. The lowest BCUT2D eigenvalue weighted by molar-refractivity contribution is -0.133. The van der Waals surface area contributed by atoms with Crippen molar-refractivity contribution in [3.8, 4) is 5.75 Å². The van der Waals surface area contributed by atoms with E-state index in [1.807, 2.05) is 36.2 Å². The van der Waals surface area contributed by atoms with Crippen molar-refractivity contribution in [2.45, 2.75) is 12.8 Å². The number of carbonyl (C=O) groups excluding carboxylic acids is 2. The smallest absolute Gasteiger partial charge is 0.242 e. The summed E-state index contributed by atoms with van der Waals surface area (Å²) in [4.78, 5) is 27.0. The van der Waals surface area contributed by atoms with E-state index in [9.17, 15) is 9.59 Å². The van der Waals surface area contributed by atoms with Gasteiger partial charge in [0.15, 0.2) is 0 Å². The maximum atomic E-state index is 12.2. The summed E-state index contributed by atoms with van der Waals surface area (Å²) < 4.78 is 5.30. The van der Waals surface area contributed by atoms with Crippen LogP contribution in [-0.2, 0) is 9.59 Å².